The molecule has 0 bridgehead atoms. The first-order valence-corrected chi connectivity index (χ1v) is 8.21. The molecule has 4 nitrogen and oxygen atoms in total. The monoisotopic (exact) mass is 317 g/mol. The van der Waals surface area contributed by atoms with Gasteiger partial charge in [-0.25, -0.2) is 0 Å². The number of aromatic nitrogens is 1. The minimum atomic E-state index is 0.546. The fourth-order valence-electron chi connectivity index (χ4n) is 3.46. The molecule has 0 saturated carbocycles. The predicted molar refractivity (Wildman–Crippen MR) is 95.4 cm³/mol. The lowest BCUT2D eigenvalue weighted by molar-refractivity contribution is 0.183. The Balaban J connectivity index is 1.86. The standard InChI is InChI=1S/C20H19N3O/c21-10-14-4-5-20-18(8-14)19(16-2-1-3-17(22)9-16)12-23(20)11-15-6-7-24-13-15/h1-5,8-9,12,15H,6-7,11,13,22H2. The second kappa shape index (κ2) is 6.03. The van der Waals surface area contributed by atoms with Crippen LogP contribution < -0.4 is 5.73 Å². The van der Waals surface area contributed by atoms with Crippen molar-refractivity contribution in [1.29, 1.82) is 5.26 Å². The Morgan fingerprint density at radius 3 is 2.92 bits per heavy atom. The van der Waals surface area contributed by atoms with Gasteiger partial charge < -0.3 is 15.0 Å². The van der Waals surface area contributed by atoms with E-state index in [1.165, 1.54) is 0 Å². The first-order chi connectivity index (χ1) is 11.7. The third-order valence-electron chi connectivity index (χ3n) is 4.69. The second-order valence-corrected chi connectivity index (χ2v) is 6.39. The van der Waals surface area contributed by atoms with Crippen molar-refractivity contribution in [2.75, 3.05) is 18.9 Å². The van der Waals surface area contributed by atoms with Crippen molar-refractivity contribution in [3.8, 4) is 17.2 Å². The van der Waals surface area contributed by atoms with Crippen molar-refractivity contribution in [1.82, 2.24) is 4.57 Å². The predicted octanol–water partition coefficient (Wildman–Crippen LogP) is 3.80. The van der Waals surface area contributed by atoms with Gasteiger partial charge in [0.1, 0.15) is 0 Å². The summed E-state index contributed by atoms with van der Waals surface area (Å²) in [6.45, 7) is 2.61. The molecule has 3 aromatic rings. The number of fused-ring (bicyclic) bond motifs is 1. The number of nitrogen functional groups attached to an aromatic ring is 1. The van der Waals surface area contributed by atoms with Gasteiger partial charge in [0.05, 0.1) is 18.2 Å². The smallest absolute Gasteiger partial charge is 0.0991 e. The number of hydrogen-bond donors (Lipinski definition) is 1. The van der Waals surface area contributed by atoms with Crippen LogP contribution in [0, 0.1) is 17.2 Å². The molecule has 1 aliphatic heterocycles. The van der Waals surface area contributed by atoms with E-state index in [0.29, 0.717) is 11.5 Å². The summed E-state index contributed by atoms with van der Waals surface area (Å²) in [7, 11) is 0. The summed E-state index contributed by atoms with van der Waals surface area (Å²) >= 11 is 0. The van der Waals surface area contributed by atoms with Crippen LogP contribution in [-0.2, 0) is 11.3 Å². The molecule has 1 fully saturated rings. The van der Waals surface area contributed by atoms with E-state index in [-0.39, 0.29) is 0 Å². The number of rotatable bonds is 3. The Kier molecular flexibility index (Phi) is 3.72. The molecule has 0 spiro atoms. The highest BCUT2D eigenvalue weighted by molar-refractivity contribution is 5.97. The Labute approximate surface area is 141 Å². The van der Waals surface area contributed by atoms with Gasteiger partial charge in [-0.3, -0.25) is 0 Å². The zero-order chi connectivity index (χ0) is 16.5. The number of anilines is 1. The normalized spacial score (nSPS) is 17.2. The van der Waals surface area contributed by atoms with Crippen LogP contribution in [0.5, 0.6) is 0 Å². The minimum Gasteiger partial charge on any atom is -0.399 e. The van der Waals surface area contributed by atoms with Gasteiger partial charge in [0, 0.05) is 47.4 Å². The quantitative estimate of drug-likeness (QED) is 0.747. The molecule has 1 atom stereocenters. The van der Waals surface area contributed by atoms with Gasteiger partial charge in [-0.15, -0.1) is 0 Å². The molecule has 1 aliphatic rings. The Morgan fingerprint density at radius 2 is 2.17 bits per heavy atom. The summed E-state index contributed by atoms with van der Waals surface area (Å²) in [5, 5.41) is 10.3. The Hall–Kier alpha value is -2.77. The van der Waals surface area contributed by atoms with Crippen LogP contribution in [0.3, 0.4) is 0 Å². The van der Waals surface area contributed by atoms with Gasteiger partial charge >= 0.3 is 0 Å². The molecule has 2 N–H and O–H groups in total. The van der Waals surface area contributed by atoms with Crippen LogP contribution in [0.4, 0.5) is 5.69 Å². The first-order valence-electron chi connectivity index (χ1n) is 8.21. The van der Waals surface area contributed by atoms with Crippen LogP contribution >= 0.6 is 0 Å². The molecule has 2 aromatic carbocycles. The number of hydrogen-bond acceptors (Lipinski definition) is 3. The maximum atomic E-state index is 9.25. The maximum absolute atomic E-state index is 9.25. The molecular formula is C20H19N3O. The molecular weight excluding hydrogens is 298 g/mol. The summed E-state index contributed by atoms with van der Waals surface area (Å²) in [4.78, 5) is 0. The lowest BCUT2D eigenvalue weighted by Crippen LogP contribution is -2.09. The lowest BCUT2D eigenvalue weighted by atomic mass is 10.0. The van der Waals surface area contributed by atoms with Crippen molar-refractivity contribution >= 4 is 16.6 Å². The number of benzene rings is 2. The zero-order valence-corrected chi connectivity index (χ0v) is 13.4. The topological polar surface area (TPSA) is 64.0 Å². The maximum Gasteiger partial charge on any atom is 0.0991 e. The SMILES string of the molecule is N#Cc1ccc2c(c1)c(-c1cccc(N)c1)cn2CC1CCOC1. The second-order valence-electron chi connectivity index (χ2n) is 6.39. The molecule has 1 saturated heterocycles. The fraction of sp³-hybridized carbons (Fsp3) is 0.250. The van der Waals surface area contributed by atoms with E-state index in [4.69, 9.17) is 10.5 Å². The average molecular weight is 317 g/mol. The summed E-state index contributed by atoms with van der Waals surface area (Å²) in [6, 6.07) is 16.0. The van der Waals surface area contributed by atoms with Gasteiger partial charge in [0.2, 0.25) is 0 Å². The number of nitriles is 1. The summed E-state index contributed by atoms with van der Waals surface area (Å²) in [5.74, 6) is 0.546. The molecule has 0 radical (unpaired) electrons. The molecule has 0 aliphatic carbocycles. The first kappa shape index (κ1) is 14.8. The zero-order valence-electron chi connectivity index (χ0n) is 13.4. The van der Waals surface area contributed by atoms with Gasteiger partial charge in [0.15, 0.2) is 0 Å². The lowest BCUT2D eigenvalue weighted by Gasteiger charge is -2.10. The minimum absolute atomic E-state index is 0.546. The third kappa shape index (κ3) is 2.64. The number of nitrogens with zero attached hydrogens (tertiary/aromatic N) is 2. The molecule has 24 heavy (non-hydrogen) atoms. The average Bonchev–Trinajstić information content (AvgIpc) is 3.23. The Bertz CT molecular complexity index is 930. The van der Waals surface area contributed by atoms with Crippen molar-refractivity contribution in [2.45, 2.75) is 13.0 Å². The molecule has 4 heteroatoms. The fourth-order valence-corrected chi connectivity index (χ4v) is 3.46. The molecule has 1 unspecified atom stereocenters. The van der Waals surface area contributed by atoms with E-state index < -0.39 is 0 Å². The highest BCUT2D eigenvalue weighted by atomic mass is 16.5. The van der Waals surface area contributed by atoms with Crippen LogP contribution in [-0.4, -0.2) is 17.8 Å². The van der Waals surface area contributed by atoms with Crippen molar-refractivity contribution < 1.29 is 4.74 Å². The Morgan fingerprint density at radius 1 is 1.25 bits per heavy atom. The molecule has 0 amide bonds. The molecule has 4 rings (SSSR count). The molecule has 120 valence electrons. The highest BCUT2D eigenvalue weighted by Crippen LogP contribution is 2.33. The summed E-state index contributed by atoms with van der Waals surface area (Å²) in [5.41, 5.74) is 10.7. The summed E-state index contributed by atoms with van der Waals surface area (Å²) in [6.07, 6.45) is 3.28. The van der Waals surface area contributed by atoms with Crippen molar-refractivity contribution in [3.63, 3.8) is 0 Å². The van der Waals surface area contributed by atoms with E-state index >= 15 is 0 Å². The van der Waals surface area contributed by atoms with Gasteiger partial charge in [-0.05, 0) is 42.3 Å². The number of nitrogens with two attached hydrogens (primary N) is 1. The largest absolute Gasteiger partial charge is 0.399 e. The van der Waals surface area contributed by atoms with Gasteiger partial charge in [0.25, 0.3) is 0 Å². The highest BCUT2D eigenvalue weighted by Gasteiger charge is 2.19. The van der Waals surface area contributed by atoms with E-state index in [9.17, 15) is 5.26 Å². The van der Waals surface area contributed by atoms with E-state index in [0.717, 1.165) is 53.9 Å². The van der Waals surface area contributed by atoms with Crippen LogP contribution in [0.2, 0.25) is 0 Å². The van der Waals surface area contributed by atoms with E-state index in [1.54, 1.807) is 0 Å². The van der Waals surface area contributed by atoms with Gasteiger partial charge in [-0.2, -0.15) is 5.26 Å². The van der Waals surface area contributed by atoms with Crippen molar-refractivity contribution in [2.24, 2.45) is 5.92 Å². The van der Waals surface area contributed by atoms with E-state index in [2.05, 4.69) is 22.9 Å². The summed E-state index contributed by atoms with van der Waals surface area (Å²) < 4.78 is 7.80. The third-order valence-corrected chi connectivity index (χ3v) is 4.69. The van der Waals surface area contributed by atoms with Crippen LogP contribution in [0.1, 0.15) is 12.0 Å². The number of ether oxygens (including phenoxy) is 1. The molecule has 2 heterocycles. The van der Waals surface area contributed by atoms with Gasteiger partial charge in [-0.1, -0.05) is 12.1 Å². The van der Waals surface area contributed by atoms with Crippen molar-refractivity contribution in [3.05, 3.63) is 54.2 Å². The van der Waals surface area contributed by atoms with E-state index in [1.807, 2.05) is 36.4 Å². The van der Waals surface area contributed by atoms with Crippen LogP contribution in [0.15, 0.2) is 48.7 Å². The molecule has 1 aromatic heterocycles. The van der Waals surface area contributed by atoms with Crippen LogP contribution in [0.25, 0.3) is 22.0 Å².